The summed E-state index contributed by atoms with van der Waals surface area (Å²) in [6, 6.07) is -0.427. The van der Waals surface area contributed by atoms with Gasteiger partial charge in [-0.1, -0.05) is 0 Å². The van der Waals surface area contributed by atoms with Crippen LogP contribution in [0.25, 0.3) is 0 Å². The lowest BCUT2D eigenvalue weighted by Crippen LogP contribution is -2.50. The second-order valence-electron chi connectivity index (χ2n) is 5.30. The molecule has 0 aromatic carbocycles. The molecule has 2 amide bonds. The van der Waals surface area contributed by atoms with Gasteiger partial charge in [0.05, 0.1) is 11.5 Å². The first-order valence-electron chi connectivity index (χ1n) is 6.76. The van der Waals surface area contributed by atoms with Gasteiger partial charge in [-0.2, -0.15) is 0 Å². The fourth-order valence-electron chi connectivity index (χ4n) is 2.15. The van der Waals surface area contributed by atoms with E-state index in [0.717, 1.165) is 0 Å². The van der Waals surface area contributed by atoms with Crippen LogP contribution in [-0.2, 0) is 19.4 Å². The van der Waals surface area contributed by atoms with E-state index in [1.54, 1.807) is 0 Å². The predicted molar refractivity (Wildman–Crippen MR) is 81.1 cm³/mol. The quantitative estimate of drug-likeness (QED) is 0.491. The maximum absolute atomic E-state index is 12.2. The third kappa shape index (κ3) is 5.80. The Hall–Kier alpha value is -0.860. The van der Waals surface area contributed by atoms with E-state index in [9.17, 15) is 18.0 Å². The summed E-state index contributed by atoms with van der Waals surface area (Å²) in [5.74, 6) is -1.22. The second-order valence-corrected chi connectivity index (χ2v) is 7.91. The van der Waals surface area contributed by atoms with Crippen LogP contribution in [0.5, 0.6) is 0 Å². The van der Waals surface area contributed by atoms with Gasteiger partial charge in [-0.3, -0.25) is 9.59 Å². The van der Waals surface area contributed by atoms with Crippen LogP contribution in [0.15, 0.2) is 0 Å². The van der Waals surface area contributed by atoms with Crippen molar-refractivity contribution in [3.05, 3.63) is 0 Å². The van der Waals surface area contributed by atoms with Crippen LogP contribution in [0.3, 0.4) is 0 Å². The summed E-state index contributed by atoms with van der Waals surface area (Å²) < 4.78 is 23.2. The van der Waals surface area contributed by atoms with Gasteiger partial charge in [-0.05, 0) is 20.5 Å². The monoisotopic (exact) mass is 339 g/mol. The molecule has 122 valence electrons. The summed E-state index contributed by atoms with van der Waals surface area (Å²) in [5.41, 5.74) is 0. The van der Waals surface area contributed by atoms with E-state index in [-0.39, 0.29) is 23.9 Å². The molecule has 7 nitrogen and oxygen atoms in total. The molecule has 0 bridgehead atoms. The number of sulfone groups is 1. The molecule has 21 heavy (non-hydrogen) atoms. The molecule has 1 unspecified atom stereocenters. The molecular weight excluding hydrogens is 318 g/mol. The van der Waals surface area contributed by atoms with E-state index in [0.29, 0.717) is 19.5 Å². The Labute approximate surface area is 130 Å². The first kappa shape index (κ1) is 18.2. The molecule has 0 aromatic heterocycles. The minimum Gasteiger partial charge on any atom is -0.347 e. The molecule has 0 spiro atoms. The van der Waals surface area contributed by atoms with Gasteiger partial charge in [0.15, 0.2) is 9.84 Å². The molecule has 1 saturated heterocycles. The number of halogens is 1. The molecule has 1 rings (SSSR count). The first-order chi connectivity index (χ1) is 9.76. The number of hydrogen-bond donors (Lipinski definition) is 1. The summed E-state index contributed by atoms with van der Waals surface area (Å²) in [5, 5.41) is 2.42. The number of nitrogens with zero attached hydrogens (tertiary/aromatic N) is 2. The minimum absolute atomic E-state index is 0.0622. The van der Waals surface area contributed by atoms with Gasteiger partial charge in [0.25, 0.3) is 0 Å². The van der Waals surface area contributed by atoms with Crippen molar-refractivity contribution < 1.29 is 18.0 Å². The second kappa shape index (κ2) is 7.95. The average molecular weight is 340 g/mol. The molecule has 0 aromatic rings. The van der Waals surface area contributed by atoms with Crippen LogP contribution >= 0.6 is 11.6 Å². The van der Waals surface area contributed by atoms with E-state index >= 15 is 0 Å². The summed E-state index contributed by atoms with van der Waals surface area (Å²) in [7, 11) is 0.582. The van der Waals surface area contributed by atoms with E-state index < -0.39 is 27.7 Å². The molecule has 1 atom stereocenters. The van der Waals surface area contributed by atoms with Gasteiger partial charge >= 0.3 is 11.8 Å². The van der Waals surface area contributed by atoms with Crippen molar-refractivity contribution >= 4 is 33.3 Å². The van der Waals surface area contributed by atoms with Crippen molar-refractivity contribution in [3.63, 3.8) is 0 Å². The van der Waals surface area contributed by atoms with Crippen molar-refractivity contribution in [1.29, 1.82) is 0 Å². The topological polar surface area (TPSA) is 86.8 Å². The summed E-state index contributed by atoms with van der Waals surface area (Å²) in [4.78, 5) is 27.2. The van der Waals surface area contributed by atoms with Crippen molar-refractivity contribution in [2.45, 2.75) is 12.5 Å². The fourth-order valence-corrected chi connectivity index (χ4v) is 3.97. The molecule has 1 aliphatic heterocycles. The van der Waals surface area contributed by atoms with Gasteiger partial charge in [0, 0.05) is 31.6 Å². The lowest BCUT2D eigenvalue weighted by molar-refractivity contribution is -0.147. The van der Waals surface area contributed by atoms with Crippen molar-refractivity contribution in [1.82, 2.24) is 15.1 Å². The number of rotatable bonds is 6. The molecule has 1 heterocycles. The number of alkyl halides is 1. The van der Waals surface area contributed by atoms with Crippen LogP contribution < -0.4 is 5.32 Å². The molecule has 9 heteroatoms. The highest BCUT2D eigenvalue weighted by Crippen LogP contribution is 2.18. The van der Waals surface area contributed by atoms with Crippen molar-refractivity contribution in [2.75, 3.05) is 51.1 Å². The molecule has 1 N–H and O–H groups in total. The van der Waals surface area contributed by atoms with E-state index in [1.807, 2.05) is 19.0 Å². The van der Waals surface area contributed by atoms with Crippen molar-refractivity contribution in [3.8, 4) is 0 Å². The van der Waals surface area contributed by atoms with Crippen LogP contribution in [0.4, 0.5) is 0 Å². The molecule has 0 aliphatic carbocycles. The van der Waals surface area contributed by atoms with E-state index in [2.05, 4.69) is 5.32 Å². The number of likely N-dealkylation sites (N-methyl/N-ethyl adjacent to an activating group) is 1. The van der Waals surface area contributed by atoms with Gasteiger partial charge in [0.1, 0.15) is 0 Å². The third-order valence-corrected chi connectivity index (χ3v) is 5.21. The Bertz CT molecular complexity index is 481. The van der Waals surface area contributed by atoms with Crippen molar-refractivity contribution in [2.24, 2.45) is 0 Å². The number of nitrogens with one attached hydrogen (secondary N) is 1. The smallest absolute Gasteiger partial charge is 0.312 e. The highest BCUT2D eigenvalue weighted by Gasteiger charge is 2.36. The Morgan fingerprint density at radius 1 is 1.29 bits per heavy atom. The Morgan fingerprint density at radius 2 is 1.95 bits per heavy atom. The molecular formula is C12H22ClN3O4S. The number of carbonyl (C=O) groups is 2. The Morgan fingerprint density at radius 3 is 2.43 bits per heavy atom. The summed E-state index contributed by atoms with van der Waals surface area (Å²) in [6.07, 6.45) is 0.379. The number of hydrogen-bond acceptors (Lipinski definition) is 5. The zero-order valence-electron chi connectivity index (χ0n) is 12.3. The maximum atomic E-state index is 12.2. The summed E-state index contributed by atoms with van der Waals surface area (Å²) >= 11 is 5.47. The Kier molecular flexibility index (Phi) is 6.89. The number of amides is 2. The van der Waals surface area contributed by atoms with Crippen LogP contribution in [0.1, 0.15) is 6.42 Å². The first-order valence-corrected chi connectivity index (χ1v) is 9.12. The van der Waals surface area contributed by atoms with E-state index in [1.165, 1.54) is 4.90 Å². The highest BCUT2D eigenvalue weighted by atomic mass is 35.5. The molecule has 0 saturated carbocycles. The average Bonchev–Trinajstić information content (AvgIpc) is 2.75. The van der Waals surface area contributed by atoms with Gasteiger partial charge < -0.3 is 15.1 Å². The summed E-state index contributed by atoms with van der Waals surface area (Å²) in [6.45, 7) is 1.09. The van der Waals surface area contributed by atoms with Gasteiger partial charge in [0.2, 0.25) is 0 Å². The normalized spacial score (nSPS) is 20.5. The van der Waals surface area contributed by atoms with Crippen LogP contribution in [-0.4, -0.2) is 87.2 Å². The zero-order valence-corrected chi connectivity index (χ0v) is 13.9. The zero-order chi connectivity index (χ0) is 16.0. The standard InChI is InChI=1S/C12H22ClN3O4S/c1-15(2)6-7-16(10-3-8-21(19,20)9-10)12(18)11(17)14-5-4-13/h10H,3-9H2,1-2H3,(H,14,17). The SMILES string of the molecule is CN(C)CCN(C(=O)C(=O)NCCCl)C1CCS(=O)(=O)C1. The highest BCUT2D eigenvalue weighted by molar-refractivity contribution is 7.91. The molecule has 1 aliphatic rings. The van der Waals surface area contributed by atoms with E-state index in [4.69, 9.17) is 11.6 Å². The predicted octanol–water partition coefficient (Wildman–Crippen LogP) is -1.08. The third-order valence-electron chi connectivity index (χ3n) is 3.27. The van der Waals surface area contributed by atoms with Crippen LogP contribution in [0, 0.1) is 0 Å². The molecule has 1 fully saturated rings. The molecule has 0 radical (unpaired) electrons. The van der Waals surface area contributed by atoms with Crippen LogP contribution in [0.2, 0.25) is 0 Å². The Balaban J connectivity index is 2.76. The van der Waals surface area contributed by atoms with Gasteiger partial charge in [-0.25, -0.2) is 8.42 Å². The maximum Gasteiger partial charge on any atom is 0.312 e. The number of carbonyl (C=O) groups excluding carboxylic acids is 2. The lowest BCUT2D eigenvalue weighted by Gasteiger charge is -2.28. The lowest BCUT2D eigenvalue weighted by atomic mass is 10.2. The minimum atomic E-state index is -3.12. The largest absolute Gasteiger partial charge is 0.347 e. The fraction of sp³-hybridized carbons (Fsp3) is 0.833. The van der Waals surface area contributed by atoms with Gasteiger partial charge in [-0.15, -0.1) is 11.6 Å².